The van der Waals surface area contributed by atoms with Crippen molar-refractivity contribution in [1.29, 1.82) is 0 Å². The van der Waals surface area contributed by atoms with E-state index < -0.39 is 0 Å². The third kappa shape index (κ3) is 5.10. The van der Waals surface area contributed by atoms with Crippen LogP contribution >= 0.6 is 11.3 Å². The third-order valence-corrected chi connectivity index (χ3v) is 8.62. The zero-order chi connectivity index (χ0) is 27.8. The van der Waals surface area contributed by atoms with E-state index in [2.05, 4.69) is 30.4 Å². The molecule has 0 unspecified atom stereocenters. The number of nitrogens with one attached hydrogen (secondary N) is 2. The van der Waals surface area contributed by atoms with Crippen molar-refractivity contribution < 1.29 is 19.1 Å². The van der Waals surface area contributed by atoms with E-state index >= 15 is 0 Å². The van der Waals surface area contributed by atoms with Gasteiger partial charge in [-0.05, 0) is 42.0 Å². The Labute approximate surface area is 240 Å². The summed E-state index contributed by atoms with van der Waals surface area (Å²) in [4.78, 5) is 42.8. The van der Waals surface area contributed by atoms with Gasteiger partial charge in [0, 0.05) is 44.1 Å². The molecule has 0 radical (unpaired) electrons. The van der Waals surface area contributed by atoms with Crippen LogP contribution in [-0.4, -0.2) is 79.4 Å². The molecule has 0 saturated carbocycles. The van der Waals surface area contributed by atoms with Crippen LogP contribution < -0.4 is 20.4 Å². The van der Waals surface area contributed by atoms with Gasteiger partial charge in [-0.1, -0.05) is 12.1 Å². The van der Waals surface area contributed by atoms with E-state index in [1.54, 1.807) is 0 Å². The second kappa shape index (κ2) is 11.1. The van der Waals surface area contributed by atoms with E-state index in [0.29, 0.717) is 51.2 Å². The van der Waals surface area contributed by atoms with Crippen LogP contribution in [0.4, 0.5) is 33.4 Å². The molecule has 0 spiro atoms. The Kier molecular flexibility index (Phi) is 6.97. The zero-order valence-corrected chi connectivity index (χ0v) is 23.2. The number of amides is 3. The Balaban J connectivity index is 1.12. The molecule has 12 heteroatoms. The summed E-state index contributed by atoms with van der Waals surface area (Å²) in [6.07, 6.45) is 1.43. The molecular weight excluding hydrogens is 542 g/mol. The zero-order valence-electron chi connectivity index (χ0n) is 22.3. The molecule has 3 aliphatic rings. The highest BCUT2D eigenvalue weighted by molar-refractivity contribution is 7.21. The quantitative estimate of drug-likeness (QED) is 0.353. The molecule has 7 rings (SSSR count). The van der Waals surface area contributed by atoms with Crippen molar-refractivity contribution in [2.45, 2.75) is 6.54 Å². The van der Waals surface area contributed by atoms with Gasteiger partial charge in [0.2, 0.25) is 0 Å². The van der Waals surface area contributed by atoms with Crippen LogP contribution in [0.2, 0.25) is 0 Å². The first-order valence-corrected chi connectivity index (χ1v) is 14.5. The van der Waals surface area contributed by atoms with Gasteiger partial charge in [0.05, 0.1) is 43.2 Å². The number of carbonyl (C=O) groups is 2. The molecule has 5 heterocycles. The van der Waals surface area contributed by atoms with Gasteiger partial charge in [0.25, 0.3) is 5.91 Å². The summed E-state index contributed by atoms with van der Waals surface area (Å²) in [5.74, 6) is 0.147. The number of morpholine rings is 2. The van der Waals surface area contributed by atoms with Gasteiger partial charge in [-0.15, -0.1) is 11.3 Å². The summed E-state index contributed by atoms with van der Waals surface area (Å²) in [5, 5.41) is 6.56. The van der Waals surface area contributed by atoms with E-state index in [1.807, 2.05) is 48.5 Å². The van der Waals surface area contributed by atoms with Crippen LogP contribution in [0.5, 0.6) is 0 Å². The maximum absolute atomic E-state index is 13.4. The van der Waals surface area contributed by atoms with Gasteiger partial charge >= 0.3 is 6.03 Å². The number of hydrogen-bond acceptors (Lipinski definition) is 9. The van der Waals surface area contributed by atoms with Crippen LogP contribution in [0.15, 0.2) is 54.9 Å². The van der Waals surface area contributed by atoms with Crippen LogP contribution in [0.1, 0.15) is 15.2 Å². The first kappa shape index (κ1) is 25.8. The van der Waals surface area contributed by atoms with E-state index in [-0.39, 0.29) is 11.9 Å². The fraction of sp³-hybridized carbons (Fsp3) is 0.310. The number of rotatable bonds is 6. The molecule has 0 bridgehead atoms. The van der Waals surface area contributed by atoms with Crippen molar-refractivity contribution in [3.05, 3.63) is 65.3 Å². The highest BCUT2D eigenvalue weighted by Crippen LogP contribution is 2.45. The number of thiophene rings is 1. The Morgan fingerprint density at radius 3 is 2.32 bits per heavy atom. The first-order valence-electron chi connectivity index (χ1n) is 13.7. The van der Waals surface area contributed by atoms with Gasteiger partial charge in [0.1, 0.15) is 16.0 Å². The highest BCUT2D eigenvalue weighted by atomic mass is 32.1. The number of ether oxygens (including phenoxy) is 2. The summed E-state index contributed by atoms with van der Waals surface area (Å²) in [7, 11) is 0. The Morgan fingerprint density at radius 2 is 1.59 bits per heavy atom. The number of urea groups is 1. The lowest BCUT2D eigenvalue weighted by molar-refractivity contribution is 0.0342. The van der Waals surface area contributed by atoms with Gasteiger partial charge in [-0.25, -0.2) is 19.7 Å². The van der Waals surface area contributed by atoms with Crippen LogP contribution in [0.3, 0.4) is 0 Å². The first-order chi connectivity index (χ1) is 20.1. The fourth-order valence-corrected chi connectivity index (χ4v) is 6.39. The molecule has 2 aromatic heterocycles. The lowest BCUT2D eigenvalue weighted by Gasteiger charge is -2.30. The molecule has 0 atom stereocenters. The lowest BCUT2D eigenvalue weighted by Crippen LogP contribution is -2.36. The van der Waals surface area contributed by atoms with Crippen LogP contribution in [0, 0.1) is 0 Å². The number of hydrogen-bond donors (Lipinski definition) is 2. The maximum Gasteiger partial charge on any atom is 0.332 e. The van der Waals surface area contributed by atoms with Crippen molar-refractivity contribution in [3.63, 3.8) is 0 Å². The minimum atomic E-state index is -0.378. The molecule has 2 N–H and O–H groups in total. The van der Waals surface area contributed by atoms with Gasteiger partial charge in [-0.3, -0.25) is 9.69 Å². The van der Waals surface area contributed by atoms with Gasteiger partial charge in [-0.2, -0.15) is 0 Å². The predicted molar refractivity (Wildman–Crippen MR) is 159 cm³/mol. The molecule has 3 amide bonds. The maximum atomic E-state index is 13.4. The predicted octanol–water partition coefficient (Wildman–Crippen LogP) is 4.30. The minimum absolute atomic E-state index is 0.307. The molecule has 210 valence electrons. The van der Waals surface area contributed by atoms with Gasteiger partial charge in [0.15, 0.2) is 5.82 Å². The normalized spacial score (nSPS) is 17.5. The Hall–Kier alpha value is -4.10. The summed E-state index contributed by atoms with van der Waals surface area (Å²) < 4.78 is 10.9. The molecule has 0 aliphatic carbocycles. The average Bonchev–Trinajstić information content (AvgIpc) is 3.39. The average molecular weight is 572 g/mol. The molecule has 2 aromatic carbocycles. The summed E-state index contributed by atoms with van der Waals surface area (Å²) in [6.45, 7) is 7.26. The number of nitrogens with zero attached hydrogens (tertiary/aromatic N) is 5. The second-order valence-corrected chi connectivity index (χ2v) is 11.1. The van der Waals surface area contributed by atoms with Crippen LogP contribution in [-0.2, 0) is 16.0 Å². The van der Waals surface area contributed by atoms with Crippen molar-refractivity contribution in [2.24, 2.45) is 0 Å². The standard InChI is InChI=1S/C29H29N7O4S/c37-27(32-20-3-1-19(2-4-20)17-34-9-13-39-14-10-34)25-24-23-26(30-18-31-28(23)41-25)36(29(38)33-24)22-7-5-21(6-8-22)35-11-15-40-16-12-35/h1-8,18H,9-17H2,(H,32,37)(H,33,38). The van der Waals surface area contributed by atoms with E-state index in [9.17, 15) is 9.59 Å². The topological polar surface area (TPSA) is 112 Å². The monoisotopic (exact) mass is 571 g/mol. The van der Waals surface area contributed by atoms with Crippen molar-refractivity contribution in [3.8, 4) is 0 Å². The van der Waals surface area contributed by atoms with Gasteiger partial charge < -0.3 is 25.0 Å². The third-order valence-electron chi connectivity index (χ3n) is 7.53. The summed E-state index contributed by atoms with van der Waals surface area (Å²) in [5.41, 5.74) is 4.05. The summed E-state index contributed by atoms with van der Waals surface area (Å²) >= 11 is 1.24. The molecular formula is C29H29N7O4S. The lowest BCUT2D eigenvalue weighted by atomic mass is 10.1. The molecule has 4 aromatic rings. The SMILES string of the molecule is O=C(Nc1ccc(CN2CCOCC2)cc1)c1sc2ncnc3c2c1NC(=O)N3c1ccc(N2CCOCC2)cc1. The summed E-state index contributed by atoms with van der Waals surface area (Å²) in [6, 6.07) is 15.3. The van der Waals surface area contributed by atoms with Crippen molar-refractivity contribution in [1.82, 2.24) is 14.9 Å². The smallest absolute Gasteiger partial charge is 0.332 e. The largest absolute Gasteiger partial charge is 0.379 e. The second-order valence-electron chi connectivity index (χ2n) is 10.1. The highest BCUT2D eigenvalue weighted by Gasteiger charge is 2.34. The molecule has 2 fully saturated rings. The molecule has 3 aliphatic heterocycles. The Morgan fingerprint density at radius 1 is 0.902 bits per heavy atom. The minimum Gasteiger partial charge on any atom is -0.379 e. The van der Waals surface area contributed by atoms with Crippen molar-refractivity contribution in [2.75, 3.05) is 73.0 Å². The number of carbonyl (C=O) groups excluding carboxylic acids is 2. The number of benzene rings is 2. The van der Waals surface area contributed by atoms with Crippen molar-refractivity contribution >= 4 is 62.1 Å². The molecule has 41 heavy (non-hydrogen) atoms. The molecule has 11 nitrogen and oxygen atoms in total. The van der Waals surface area contributed by atoms with E-state index in [1.165, 1.54) is 28.1 Å². The van der Waals surface area contributed by atoms with E-state index in [4.69, 9.17) is 9.47 Å². The van der Waals surface area contributed by atoms with Crippen LogP contribution in [0.25, 0.3) is 10.2 Å². The Bertz CT molecular complexity index is 1580. The number of aromatic nitrogens is 2. The van der Waals surface area contributed by atoms with E-state index in [0.717, 1.165) is 51.6 Å². The number of anilines is 5. The fourth-order valence-electron chi connectivity index (χ4n) is 5.40. The molecule has 2 saturated heterocycles.